The number of ether oxygens (including phenoxy) is 1. The molecule has 3 nitrogen and oxygen atoms in total. The zero-order chi connectivity index (χ0) is 16.8. The molecule has 1 heterocycles. The Kier molecular flexibility index (Phi) is 6.43. The minimum atomic E-state index is 0.606. The molecule has 0 fully saturated rings. The van der Waals surface area contributed by atoms with Crippen molar-refractivity contribution in [2.24, 2.45) is 4.99 Å². The third-order valence-corrected chi connectivity index (χ3v) is 6.80. The van der Waals surface area contributed by atoms with E-state index in [9.17, 15) is 0 Å². The average Bonchev–Trinajstić information content (AvgIpc) is 3.12. The van der Waals surface area contributed by atoms with Crippen LogP contribution in [-0.2, 0) is 13.1 Å². The first-order chi connectivity index (χ1) is 11.8. The van der Waals surface area contributed by atoms with E-state index in [1.54, 1.807) is 7.11 Å². The molecule has 24 heavy (non-hydrogen) atoms. The zero-order valence-corrected chi connectivity index (χ0v) is 16.7. The summed E-state index contributed by atoms with van der Waals surface area (Å²) in [6.07, 6.45) is 0. The Morgan fingerprint density at radius 2 is 1.75 bits per heavy atom. The molecule has 0 bridgehead atoms. The fourth-order valence-corrected chi connectivity index (χ4v) is 4.36. The third-order valence-electron chi connectivity index (χ3n) is 3.89. The second kappa shape index (κ2) is 8.76. The van der Waals surface area contributed by atoms with Gasteiger partial charge < -0.3 is 9.64 Å². The van der Waals surface area contributed by atoms with Gasteiger partial charge >= 0.3 is 0 Å². The molecule has 0 saturated carbocycles. The summed E-state index contributed by atoms with van der Waals surface area (Å²) in [4.78, 5) is 7.17. The average molecular weight is 452 g/mol. The normalized spacial score (nSPS) is 16.8. The van der Waals surface area contributed by atoms with E-state index in [2.05, 4.69) is 70.0 Å². The second-order valence-electron chi connectivity index (χ2n) is 5.71. The highest BCUT2D eigenvalue weighted by Gasteiger charge is 2.23. The lowest BCUT2D eigenvalue weighted by Gasteiger charge is -2.25. The highest BCUT2D eigenvalue weighted by Crippen LogP contribution is 2.27. The first kappa shape index (κ1) is 17.6. The molecule has 5 heteroatoms. The van der Waals surface area contributed by atoms with Crippen LogP contribution in [0.4, 0.5) is 0 Å². The molecule has 0 amide bonds. The van der Waals surface area contributed by atoms with Crippen LogP contribution in [0.1, 0.15) is 11.1 Å². The molecule has 0 aliphatic carbocycles. The molecule has 1 unspecified atom stereocenters. The van der Waals surface area contributed by atoms with Crippen LogP contribution in [0.3, 0.4) is 0 Å². The molecule has 2 aromatic carbocycles. The van der Waals surface area contributed by atoms with Crippen LogP contribution in [0.5, 0.6) is 5.75 Å². The monoisotopic (exact) mass is 452 g/mol. The maximum atomic E-state index is 5.26. The van der Waals surface area contributed by atoms with Crippen LogP contribution in [0.25, 0.3) is 0 Å². The molecule has 1 atom stereocenters. The van der Waals surface area contributed by atoms with Gasteiger partial charge in [-0.05, 0) is 23.3 Å². The highest BCUT2D eigenvalue weighted by molar-refractivity contribution is 14.1. The van der Waals surface area contributed by atoms with Gasteiger partial charge in [0, 0.05) is 22.8 Å². The van der Waals surface area contributed by atoms with E-state index >= 15 is 0 Å². The number of methoxy groups -OCH3 is 1. The highest BCUT2D eigenvalue weighted by atomic mass is 127. The predicted octanol–water partition coefficient (Wildman–Crippen LogP) is 4.60. The Morgan fingerprint density at radius 3 is 2.33 bits per heavy atom. The lowest BCUT2D eigenvalue weighted by molar-refractivity contribution is 0.408. The van der Waals surface area contributed by atoms with Gasteiger partial charge in [0.05, 0.1) is 13.7 Å². The summed E-state index contributed by atoms with van der Waals surface area (Å²) >= 11 is 4.36. The number of hydrogen-bond donors (Lipinski definition) is 0. The predicted molar refractivity (Wildman–Crippen MR) is 111 cm³/mol. The summed E-state index contributed by atoms with van der Waals surface area (Å²) < 4.78 is 6.39. The number of halogens is 1. The molecule has 2 aromatic rings. The molecule has 0 saturated heterocycles. The van der Waals surface area contributed by atoms with Crippen LogP contribution in [0.2, 0.25) is 0 Å². The minimum Gasteiger partial charge on any atom is -0.497 e. The largest absolute Gasteiger partial charge is 0.497 e. The number of rotatable bonds is 6. The van der Waals surface area contributed by atoms with Gasteiger partial charge in [0.2, 0.25) is 0 Å². The van der Waals surface area contributed by atoms with Crippen molar-refractivity contribution in [3.05, 3.63) is 65.7 Å². The van der Waals surface area contributed by atoms with Gasteiger partial charge in [-0.15, -0.1) is 0 Å². The van der Waals surface area contributed by atoms with Gasteiger partial charge in [-0.25, -0.2) is 0 Å². The minimum absolute atomic E-state index is 0.606. The SMILES string of the molecule is COc1ccc(CN(Cc2ccccc2)C2=NCC(CI)S2)cc1. The van der Waals surface area contributed by atoms with Crippen molar-refractivity contribution in [2.45, 2.75) is 18.3 Å². The lowest BCUT2D eigenvalue weighted by Crippen LogP contribution is -2.27. The second-order valence-corrected chi connectivity index (χ2v) is 7.86. The summed E-state index contributed by atoms with van der Waals surface area (Å²) in [6.45, 7) is 2.67. The standard InChI is InChI=1S/C19H21IN2OS/c1-23-17-9-7-16(8-10-17)14-22(13-15-5-3-2-4-6-15)19-21-12-18(11-20)24-19/h2-10,18H,11-14H2,1H3. The van der Waals surface area contributed by atoms with Crippen molar-refractivity contribution in [1.29, 1.82) is 0 Å². The molecular formula is C19H21IN2OS. The van der Waals surface area contributed by atoms with E-state index in [1.807, 2.05) is 23.9 Å². The molecule has 3 rings (SSSR count). The van der Waals surface area contributed by atoms with Crippen molar-refractivity contribution in [1.82, 2.24) is 4.90 Å². The van der Waals surface area contributed by atoms with Crippen LogP contribution < -0.4 is 4.74 Å². The quantitative estimate of drug-likeness (QED) is 0.473. The maximum absolute atomic E-state index is 5.26. The van der Waals surface area contributed by atoms with Crippen molar-refractivity contribution in [3.8, 4) is 5.75 Å². The fourth-order valence-electron chi connectivity index (χ4n) is 2.60. The number of nitrogens with zero attached hydrogens (tertiary/aromatic N) is 2. The first-order valence-electron chi connectivity index (χ1n) is 7.97. The number of alkyl halides is 1. The molecule has 1 aliphatic heterocycles. The number of thioether (sulfide) groups is 1. The van der Waals surface area contributed by atoms with Crippen LogP contribution in [0.15, 0.2) is 59.6 Å². The molecule has 1 aliphatic rings. The van der Waals surface area contributed by atoms with E-state index in [0.29, 0.717) is 5.25 Å². The molecule has 0 radical (unpaired) electrons. The van der Waals surface area contributed by atoms with Crippen molar-refractivity contribution >= 4 is 39.5 Å². The summed E-state index contributed by atoms with van der Waals surface area (Å²) in [7, 11) is 1.70. The summed E-state index contributed by atoms with van der Waals surface area (Å²) in [5.74, 6) is 0.894. The van der Waals surface area contributed by atoms with Crippen molar-refractivity contribution < 1.29 is 4.74 Å². The van der Waals surface area contributed by atoms with Crippen LogP contribution in [-0.4, -0.2) is 33.4 Å². The van der Waals surface area contributed by atoms with Gasteiger partial charge in [0.1, 0.15) is 5.75 Å². The van der Waals surface area contributed by atoms with E-state index in [4.69, 9.17) is 9.73 Å². The van der Waals surface area contributed by atoms with Gasteiger partial charge in [0.15, 0.2) is 5.17 Å². The van der Waals surface area contributed by atoms with Gasteiger partial charge in [-0.1, -0.05) is 76.8 Å². The van der Waals surface area contributed by atoms with Crippen LogP contribution >= 0.6 is 34.4 Å². The Balaban J connectivity index is 1.76. The lowest BCUT2D eigenvalue weighted by atomic mass is 10.2. The summed E-state index contributed by atoms with van der Waals surface area (Å²) in [6, 6.07) is 18.9. The Hall–Kier alpha value is -1.21. The summed E-state index contributed by atoms with van der Waals surface area (Å²) in [5, 5.41) is 1.77. The van der Waals surface area contributed by atoms with Gasteiger partial charge in [0.25, 0.3) is 0 Å². The zero-order valence-electron chi connectivity index (χ0n) is 13.7. The van der Waals surface area contributed by atoms with E-state index < -0.39 is 0 Å². The molecule has 0 aromatic heterocycles. The van der Waals surface area contributed by atoms with E-state index in [1.165, 1.54) is 11.1 Å². The number of benzene rings is 2. The smallest absolute Gasteiger partial charge is 0.160 e. The number of hydrogen-bond acceptors (Lipinski definition) is 4. The first-order valence-corrected chi connectivity index (χ1v) is 10.4. The third kappa shape index (κ3) is 4.66. The Labute approximate surface area is 161 Å². The number of amidine groups is 1. The Bertz CT molecular complexity index is 676. The van der Waals surface area contributed by atoms with Gasteiger partial charge in [-0.3, -0.25) is 4.99 Å². The Morgan fingerprint density at radius 1 is 1.08 bits per heavy atom. The molecule has 0 N–H and O–H groups in total. The molecule has 126 valence electrons. The maximum Gasteiger partial charge on any atom is 0.160 e. The van der Waals surface area contributed by atoms with E-state index in [0.717, 1.165) is 35.0 Å². The molecule has 0 spiro atoms. The van der Waals surface area contributed by atoms with Gasteiger partial charge in [-0.2, -0.15) is 0 Å². The fraction of sp³-hybridized carbons (Fsp3) is 0.316. The van der Waals surface area contributed by atoms with Crippen molar-refractivity contribution in [3.63, 3.8) is 0 Å². The topological polar surface area (TPSA) is 24.8 Å². The van der Waals surface area contributed by atoms with E-state index in [-0.39, 0.29) is 0 Å². The van der Waals surface area contributed by atoms with Crippen LogP contribution in [0, 0.1) is 0 Å². The summed E-state index contributed by atoms with van der Waals surface area (Å²) in [5.41, 5.74) is 2.58. The van der Waals surface area contributed by atoms with Crippen molar-refractivity contribution in [2.75, 3.05) is 18.1 Å². The molecular weight excluding hydrogens is 431 g/mol. The number of aliphatic imine (C=N–C) groups is 1.